The third kappa shape index (κ3) is 6.75. The molecular weight excluding hydrogens is 434 g/mol. The average molecular weight is 463 g/mol. The van der Waals surface area contributed by atoms with Crippen molar-refractivity contribution < 1.29 is 34.5 Å². The molecule has 5 unspecified atom stereocenters. The van der Waals surface area contributed by atoms with Gasteiger partial charge in [0.15, 0.2) is 6.04 Å². The zero-order chi connectivity index (χ0) is 24.7. The highest BCUT2D eigenvalue weighted by atomic mass is 16.4. The maximum atomic E-state index is 12.9. The van der Waals surface area contributed by atoms with E-state index in [1.54, 1.807) is 12.3 Å². The fourth-order valence-electron chi connectivity index (χ4n) is 3.14. The number of carbonyl (C=O) groups is 4. The van der Waals surface area contributed by atoms with Gasteiger partial charge in [0.2, 0.25) is 17.7 Å². The van der Waals surface area contributed by atoms with Crippen molar-refractivity contribution in [3.05, 3.63) is 36.0 Å². The molecule has 180 valence electrons. The van der Waals surface area contributed by atoms with Crippen LogP contribution in [0.4, 0.5) is 0 Å². The van der Waals surface area contributed by atoms with Gasteiger partial charge in [-0.2, -0.15) is 0 Å². The summed E-state index contributed by atoms with van der Waals surface area (Å²) in [5.74, 6) is -3.86. The number of aliphatic carboxylic acids is 1. The van der Waals surface area contributed by atoms with E-state index in [4.69, 9.17) is 5.73 Å². The van der Waals surface area contributed by atoms with Crippen molar-refractivity contribution in [3.63, 3.8) is 0 Å². The molecule has 12 heteroatoms. The van der Waals surface area contributed by atoms with Gasteiger partial charge in [-0.3, -0.25) is 14.4 Å². The first kappa shape index (κ1) is 25.8. The van der Waals surface area contributed by atoms with Crippen LogP contribution in [0.3, 0.4) is 0 Å². The van der Waals surface area contributed by atoms with Gasteiger partial charge in [-0.1, -0.05) is 18.2 Å². The van der Waals surface area contributed by atoms with Gasteiger partial charge >= 0.3 is 5.97 Å². The van der Waals surface area contributed by atoms with Crippen LogP contribution in [0, 0.1) is 0 Å². The zero-order valence-corrected chi connectivity index (χ0v) is 18.2. The minimum Gasteiger partial charge on any atom is -0.480 e. The number of carbonyl (C=O) groups excluding carboxylic acids is 3. The van der Waals surface area contributed by atoms with Crippen LogP contribution >= 0.6 is 0 Å². The quantitative estimate of drug-likeness (QED) is 0.186. The number of benzene rings is 1. The molecule has 0 aliphatic carbocycles. The molecule has 9 N–H and O–H groups in total. The first-order valence-electron chi connectivity index (χ1n) is 10.3. The molecule has 5 atom stereocenters. The van der Waals surface area contributed by atoms with Crippen LogP contribution in [-0.4, -0.2) is 80.9 Å². The second-order valence-corrected chi connectivity index (χ2v) is 7.72. The number of carboxylic acid groups (broad SMARTS) is 1. The first-order chi connectivity index (χ1) is 15.5. The van der Waals surface area contributed by atoms with Gasteiger partial charge in [-0.15, -0.1) is 0 Å². The van der Waals surface area contributed by atoms with Crippen molar-refractivity contribution in [2.24, 2.45) is 5.73 Å². The van der Waals surface area contributed by atoms with Gasteiger partial charge in [0, 0.05) is 23.5 Å². The highest BCUT2D eigenvalue weighted by Gasteiger charge is 2.32. The summed E-state index contributed by atoms with van der Waals surface area (Å²) in [6, 6.07) is 2.06. The second-order valence-electron chi connectivity index (χ2n) is 7.72. The summed E-state index contributed by atoms with van der Waals surface area (Å²) in [5.41, 5.74) is 6.93. The number of aliphatic hydroxyl groups excluding tert-OH is 2. The molecule has 3 amide bonds. The number of nitrogens with two attached hydrogens (primary N) is 1. The third-order valence-corrected chi connectivity index (χ3v) is 5.01. The summed E-state index contributed by atoms with van der Waals surface area (Å²) in [6.45, 7) is 1.85. The van der Waals surface area contributed by atoms with Crippen molar-refractivity contribution >= 4 is 34.6 Å². The number of rotatable bonds is 11. The van der Waals surface area contributed by atoms with Crippen molar-refractivity contribution in [1.29, 1.82) is 0 Å². The van der Waals surface area contributed by atoms with Crippen LogP contribution in [0.25, 0.3) is 10.9 Å². The predicted molar refractivity (Wildman–Crippen MR) is 118 cm³/mol. The molecule has 0 radical (unpaired) electrons. The molecule has 1 aromatic heterocycles. The maximum Gasteiger partial charge on any atom is 0.328 e. The standard InChI is InChI=1S/C21H29N5O7/c1-10(22)18(29)25-16(9-27)20(31)24-15(19(30)26-17(11(2)28)21(32)33)7-12-8-23-14-6-4-3-5-13(12)14/h3-6,8,10-11,15-17,23,27-28H,7,9,22H2,1-2H3,(H,24,31)(H,25,29)(H,26,30)(H,32,33). The van der Waals surface area contributed by atoms with Crippen LogP contribution < -0.4 is 21.7 Å². The normalized spacial score (nSPS) is 15.7. The molecule has 33 heavy (non-hydrogen) atoms. The lowest BCUT2D eigenvalue weighted by atomic mass is 10.0. The van der Waals surface area contributed by atoms with Crippen LogP contribution in [0.2, 0.25) is 0 Å². The summed E-state index contributed by atoms with van der Waals surface area (Å²) >= 11 is 0. The van der Waals surface area contributed by atoms with Crippen LogP contribution in [-0.2, 0) is 25.6 Å². The SMILES string of the molecule is CC(N)C(=O)NC(CO)C(=O)NC(Cc1c[nH]c2ccccc12)C(=O)NC(C(=O)O)C(C)O. The van der Waals surface area contributed by atoms with Crippen molar-refractivity contribution in [3.8, 4) is 0 Å². The van der Waals surface area contributed by atoms with Gasteiger partial charge in [0.25, 0.3) is 0 Å². The Morgan fingerprint density at radius 1 is 1.00 bits per heavy atom. The number of H-pyrrole nitrogens is 1. The molecule has 0 aliphatic rings. The predicted octanol–water partition coefficient (Wildman–Crippen LogP) is -2.03. The molecule has 1 aromatic carbocycles. The van der Waals surface area contributed by atoms with Gasteiger partial charge in [0.1, 0.15) is 12.1 Å². The highest BCUT2D eigenvalue weighted by molar-refractivity contribution is 5.95. The maximum absolute atomic E-state index is 12.9. The first-order valence-corrected chi connectivity index (χ1v) is 10.3. The number of hydrogen-bond acceptors (Lipinski definition) is 7. The summed E-state index contributed by atoms with van der Waals surface area (Å²) in [5, 5.41) is 36.2. The fraction of sp³-hybridized carbons (Fsp3) is 0.429. The zero-order valence-electron chi connectivity index (χ0n) is 18.2. The van der Waals surface area contributed by atoms with Gasteiger partial charge in [0.05, 0.1) is 18.8 Å². The Hall–Kier alpha value is -3.48. The fourth-order valence-corrected chi connectivity index (χ4v) is 3.14. The Bertz CT molecular complexity index is 1000. The molecular formula is C21H29N5O7. The summed E-state index contributed by atoms with van der Waals surface area (Å²) < 4.78 is 0. The van der Waals surface area contributed by atoms with Gasteiger partial charge in [-0.05, 0) is 25.5 Å². The molecule has 12 nitrogen and oxygen atoms in total. The Kier molecular flexibility index (Phi) is 8.91. The number of hydrogen-bond donors (Lipinski definition) is 8. The number of amides is 3. The largest absolute Gasteiger partial charge is 0.480 e. The Morgan fingerprint density at radius 2 is 1.61 bits per heavy atom. The monoisotopic (exact) mass is 463 g/mol. The number of fused-ring (bicyclic) bond motifs is 1. The molecule has 0 bridgehead atoms. The smallest absolute Gasteiger partial charge is 0.328 e. The number of carboxylic acids is 1. The van der Waals surface area contributed by atoms with Gasteiger partial charge in [-0.25, -0.2) is 4.79 Å². The van der Waals surface area contributed by atoms with E-state index < -0.39 is 60.6 Å². The van der Waals surface area contributed by atoms with Crippen molar-refractivity contribution in [2.75, 3.05) is 6.61 Å². The molecule has 1 heterocycles. The minimum atomic E-state index is -1.61. The Balaban J connectivity index is 2.29. The van der Waals surface area contributed by atoms with Crippen molar-refractivity contribution in [2.45, 2.75) is 50.5 Å². The number of para-hydroxylation sites is 1. The summed E-state index contributed by atoms with van der Waals surface area (Å²) in [7, 11) is 0. The minimum absolute atomic E-state index is 0.0346. The van der Waals surface area contributed by atoms with E-state index >= 15 is 0 Å². The van der Waals surface area contributed by atoms with Gasteiger partial charge < -0.3 is 42.0 Å². The van der Waals surface area contributed by atoms with E-state index in [2.05, 4.69) is 20.9 Å². The second kappa shape index (κ2) is 11.4. The Labute approximate surface area is 189 Å². The third-order valence-electron chi connectivity index (χ3n) is 5.01. The van der Waals surface area contributed by atoms with E-state index in [1.165, 1.54) is 13.8 Å². The average Bonchev–Trinajstić information content (AvgIpc) is 3.17. The van der Waals surface area contributed by atoms with E-state index in [0.29, 0.717) is 5.56 Å². The lowest BCUT2D eigenvalue weighted by molar-refractivity contribution is -0.145. The molecule has 0 fully saturated rings. The van der Waals surface area contributed by atoms with E-state index in [-0.39, 0.29) is 6.42 Å². The van der Waals surface area contributed by atoms with E-state index in [9.17, 15) is 34.5 Å². The molecule has 0 saturated carbocycles. The van der Waals surface area contributed by atoms with E-state index in [0.717, 1.165) is 10.9 Å². The summed E-state index contributed by atoms with van der Waals surface area (Å²) in [6.07, 6.45) is 0.223. The van der Waals surface area contributed by atoms with Crippen LogP contribution in [0.15, 0.2) is 30.5 Å². The highest BCUT2D eigenvalue weighted by Crippen LogP contribution is 2.19. The molecule has 0 aliphatic heterocycles. The Morgan fingerprint density at radius 3 is 2.18 bits per heavy atom. The number of nitrogens with one attached hydrogen (secondary N) is 4. The summed E-state index contributed by atoms with van der Waals surface area (Å²) in [4.78, 5) is 51.9. The van der Waals surface area contributed by atoms with Crippen molar-refractivity contribution in [1.82, 2.24) is 20.9 Å². The van der Waals surface area contributed by atoms with Crippen LogP contribution in [0.5, 0.6) is 0 Å². The lowest BCUT2D eigenvalue weighted by Crippen LogP contribution is -2.59. The molecule has 2 rings (SSSR count). The number of aromatic nitrogens is 1. The lowest BCUT2D eigenvalue weighted by Gasteiger charge is -2.25. The number of aromatic amines is 1. The van der Waals surface area contributed by atoms with Crippen LogP contribution in [0.1, 0.15) is 19.4 Å². The molecule has 0 spiro atoms. The topological polar surface area (TPSA) is 207 Å². The molecule has 2 aromatic rings. The van der Waals surface area contributed by atoms with E-state index in [1.807, 2.05) is 18.2 Å². The molecule has 0 saturated heterocycles. The number of aliphatic hydroxyl groups is 2.